The normalized spacial score (nSPS) is 14.8. The van der Waals surface area contributed by atoms with Gasteiger partial charge >= 0.3 is 5.97 Å². The van der Waals surface area contributed by atoms with Crippen LogP contribution in [0.5, 0.6) is 0 Å². The van der Waals surface area contributed by atoms with Crippen molar-refractivity contribution in [1.29, 1.82) is 0 Å². The molecule has 420 valence electrons. The molecule has 2 aromatic carbocycles. The predicted molar refractivity (Wildman–Crippen MR) is 279 cm³/mol. The van der Waals surface area contributed by atoms with Gasteiger partial charge in [0.05, 0.1) is 17.8 Å². The molecule has 3 aromatic rings. The summed E-state index contributed by atoms with van der Waals surface area (Å²) in [4.78, 5) is 117. The van der Waals surface area contributed by atoms with Gasteiger partial charge in [-0.25, -0.2) is 18.3 Å². The van der Waals surface area contributed by atoms with Gasteiger partial charge in [-0.2, -0.15) is 5.10 Å². The number of hydrogen-bond acceptors (Lipinski definition) is 12. The van der Waals surface area contributed by atoms with Crippen LogP contribution in [0.4, 0.5) is 8.78 Å². The summed E-state index contributed by atoms with van der Waals surface area (Å²) in [5.74, 6) is -7.67. The fraction of sp³-hybridized carbons (Fsp3) is 0.519. The Morgan fingerprint density at radius 2 is 1.43 bits per heavy atom. The molecule has 8 amide bonds. The lowest BCUT2D eigenvalue weighted by atomic mass is 9.81. The number of aliphatic hydroxyl groups is 1. The first-order chi connectivity index (χ1) is 36.3. The van der Waals surface area contributed by atoms with Crippen molar-refractivity contribution in [3.63, 3.8) is 0 Å². The molecule has 4 rings (SSSR count). The van der Waals surface area contributed by atoms with Crippen molar-refractivity contribution in [2.75, 3.05) is 26.2 Å². The van der Waals surface area contributed by atoms with Gasteiger partial charge in [0.1, 0.15) is 48.1 Å². The third kappa shape index (κ3) is 18.7. The average molecular weight is 1080 g/mol. The van der Waals surface area contributed by atoms with Crippen LogP contribution in [0, 0.1) is 23.0 Å². The summed E-state index contributed by atoms with van der Waals surface area (Å²) >= 11 is 0. The lowest BCUT2D eigenvalue weighted by molar-refractivity contribution is -0.142. The highest BCUT2D eigenvalue weighted by atomic mass is 19.1. The van der Waals surface area contributed by atoms with Crippen molar-refractivity contribution in [3.8, 4) is 5.69 Å². The van der Waals surface area contributed by atoms with Crippen LogP contribution in [0.3, 0.4) is 0 Å². The van der Waals surface area contributed by atoms with E-state index in [1.807, 2.05) is 51.1 Å². The van der Waals surface area contributed by atoms with Gasteiger partial charge in [0.15, 0.2) is 0 Å². The fourth-order valence-electron chi connectivity index (χ4n) is 8.62. The zero-order valence-corrected chi connectivity index (χ0v) is 44.8. The first kappa shape index (κ1) is 62.1. The van der Waals surface area contributed by atoms with E-state index in [1.54, 1.807) is 20.0 Å². The van der Waals surface area contributed by atoms with Gasteiger partial charge < -0.3 is 47.4 Å². The lowest BCUT2D eigenvalue weighted by Crippen LogP contribution is -2.56. The highest BCUT2D eigenvalue weighted by molar-refractivity contribution is 6.12. The number of nitrogens with one attached hydrogen (secondary N) is 5. The molecule has 2 heterocycles. The molecule has 0 radical (unpaired) electrons. The monoisotopic (exact) mass is 1080 g/mol. The van der Waals surface area contributed by atoms with Crippen LogP contribution in [0.25, 0.3) is 5.69 Å². The Hall–Kier alpha value is -7.40. The first-order valence-electron chi connectivity index (χ1n) is 25.8. The van der Waals surface area contributed by atoms with Crippen molar-refractivity contribution in [3.05, 3.63) is 95.3 Å². The van der Waals surface area contributed by atoms with Crippen molar-refractivity contribution in [1.82, 2.24) is 46.2 Å². The second kappa shape index (κ2) is 29.2. The molecule has 23 heteroatoms. The second-order valence-electron chi connectivity index (χ2n) is 20.6. The number of aromatic nitrogens is 2. The topological polar surface area (TPSA) is 305 Å². The molecule has 0 bridgehead atoms. The number of halogens is 2. The van der Waals surface area contributed by atoms with E-state index in [1.165, 1.54) is 35.6 Å². The van der Waals surface area contributed by atoms with Gasteiger partial charge in [-0.3, -0.25) is 43.3 Å². The van der Waals surface area contributed by atoms with E-state index in [9.17, 15) is 57.8 Å². The number of carboxylic acid groups (broad SMARTS) is 1. The number of amides is 8. The molecular formula is C54H74F2N10O11. The maximum atomic E-state index is 15.1. The summed E-state index contributed by atoms with van der Waals surface area (Å²) in [5.41, 5.74) is 7.21. The number of nitrogens with two attached hydrogens (primary N) is 1. The van der Waals surface area contributed by atoms with Crippen LogP contribution in [0.15, 0.2) is 66.9 Å². The molecule has 0 saturated carbocycles. The van der Waals surface area contributed by atoms with Crippen LogP contribution in [-0.4, -0.2) is 139 Å². The van der Waals surface area contributed by atoms with Crippen LogP contribution in [-0.2, 0) is 49.6 Å². The zero-order chi connectivity index (χ0) is 57.1. The SMILES string of the molecule is CC(C)[C@H](NC(=O)CCCCCN1C(=O)C=CC1=O)C(=O)N[C@@H](C)C(=O)N[C@@H](CCCCNC(=O)[C@@H](C)NC(=O)[C@@H](N)CCN(C(=O)CO)[C@@H](c1nn(-c2cc(F)ccc2F)cc1Cc1ccccc1)C(C)(C)C)C(=O)O. The number of aliphatic hydroxyl groups excluding tert-OH is 1. The van der Waals surface area contributed by atoms with E-state index >= 15 is 4.39 Å². The first-order valence-corrected chi connectivity index (χ1v) is 25.8. The van der Waals surface area contributed by atoms with E-state index in [0.717, 1.165) is 28.7 Å². The Morgan fingerprint density at radius 3 is 2.05 bits per heavy atom. The zero-order valence-electron chi connectivity index (χ0n) is 44.8. The molecule has 1 aliphatic heterocycles. The van der Waals surface area contributed by atoms with Crippen molar-refractivity contribution in [2.45, 2.75) is 143 Å². The van der Waals surface area contributed by atoms with Gasteiger partial charge in [-0.15, -0.1) is 0 Å². The maximum absolute atomic E-state index is 15.1. The smallest absolute Gasteiger partial charge is 0.326 e. The Kier molecular flexibility index (Phi) is 23.6. The standard InChI is InChI=1S/C54H74F2N10O11/c1-32(2)46(62-42(68)19-12-9-15-26-64-43(69)22-23-44(64)70)52(75)60-34(4)50(73)61-40(53(76)77)18-13-14-25-58-49(72)33(3)59-51(74)39(57)24-27-65(45(71)31-67)48(54(5,6)7)47-36(28-35-16-10-8-11-17-35)30-66(63-47)41-29-37(55)20-21-38(41)56/h8,10-11,16-17,20-23,29-30,32-34,39-40,46,48,67H,9,12-15,18-19,24-28,31,57H2,1-7H3,(H,58,72)(H,59,74)(H,60,75)(H,61,73)(H,62,68)(H,76,77)/t33-,34+,39+,40+,46+,48+/m1/s1. The minimum Gasteiger partial charge on any atom is -0.480 e. The van der Waals surface area contributed by atoms with Crippen LogP contribution < -0.4 is 32.3 Å². The maximum Gasteiger partial charge on any atom is 0.326 e. The number of carbonyl (C=O) groups is 9. The highest BCUT2D eigenvalue weighted by Crippen LogP contribution is 2.40. The molecule has 0 unspecified atom stereocenters. The third-order valence-corrected chi connectivity index (χ3v) is 12.9. The molecule has 0 saturated heterocycles. The molecule has 0 spiro atoms. The molecular weight excluding hydrogens is 1000 g/mol. The van der Waals surface area contributed by atoms with E-state index < -0.39 is 101 Å². The highest BCUT2D eigenvalue weighted by Gasteiger charge is 2.39. The summed E-state index contributed by atoms with van der Waals surface area (Å²) < 4.78 is 30.7. The van der Waals surface area contributed by atoms with Crippen molar-refractivity contribution < 1.29 is 62.1 Å². The van der Waals surface area contributed by atoms with Crippen LogP contribution >= 0.6 is 0 Å². The van der Waals surface area contributed by atoms with Crippen LogP contribution in [0.2, 0.25) is 0 Å². The molecule has 21 nitrogen and oxygen atoms in total. The van der Waals surface area contributed by atoms with Crippen molar-refractivity contribution >= 4 is 53.2 Å². The van der Waals surface area contributed by atoms with Gasteiger partial charge in [-0.05, 0) is 81.4 Å². The summed E-state index contributed by atoms with van der Waals surface area (Å²) in [6.45, 7) is 11.0. The number of rotatable bonds is 30. The minimum atomic E-state index is -1.34. The molecule has 6 atom stereocenters. The van der Waals surface area contributed by atoms with E-state index in [4.69, 9.17) is 10.8 Å². The van der Waals surface area contributed by atoms with Gasteiger partial charge in [0.25, 0.3) is 11.8 Å². The number of carboxylic acids is 1. The molecule has 1 aromatic heterocycles. The van der Waals surface area contributed by atoms with E-state index in [-0.39, 0.29) is 75.2 Å². The number of aliphatic carboxylic acids is 1. The van der Waals surface area contributed by atoms with E-state index in [0.29, 0.717) is 36.9 Å². The number of hydrogen-bond donors (Lipinski definition) is 8. The average Bonchev–Trinajstić information content (AvgIpc) is 3.93. The van der Waals surface area contributed by atoms with Crippen LogP contribution in [0.1, 0.15) is 123 Å². The number of unbranched alkanes of at least 4 members (excludes halogenated alkanes) is 3. The summed E-state index contributed by atoms with van der Waals surface area (Å²) in [5, 5.41) is 37.6. The minimum absolute atomic E-state index is 0.0291. The number of benzene rings is 2. The molecule has 0 aliphatic carbocycles. The third-order valence-electron chi connectivity index (χ3n) is 12.9. The quantitative estimate of drug-likeness (QED) is 0.0352. The fourth-order valence-corrected chi connectivity index (χ4v) is 8.62. The van der Waals surface area contributed by atoms with Gasteiger partial charge in [-0.1, -0.05) is 71.4 Å². The predicted octanol–water partition coefficient (Wildman–Crippen LogP) is 2.86. The molecule has 1 aliphatic rings. The molecule has 0 fully saturated rings. The summed E-state index contributed by atoms with van der Waals surface area (Å²) in [6.07, 6.45) is 6.25. The van der Waals surface area contributed by atoms with Gasteiger partial charge in [0.2, 0.25) is 35.4 Å². The summed E-state index contributed by atoms with van der Waals surface area (Å²) in [7, 11) is 0. The summed E-state index contributed by atoms with van der Waals surface area (Å²) in [6, 6.07) is 5.62. The lowest BCUT2D eigenvalue weighted by Gasteiger charge is -2.40. The molecule has 77 heavy (non-hydrogen) atoms. The second-order valence-corrected chi connectivity index (χ2v) is 20.6. The Bertz CT molecular complexity index is 2590. The molecule has 9 N–H and O–H groups in total. The number of imide groups is 1. The van der Waals surface area contributed by atoms with Crippen molar-refractivity contribution in [2.24, 2.45) is 17.1 Å². The Morgan fingerprint density at radius 1 is 0.779 bits per heavy atom. The van der Waals surface area contributed by atoms with E-state index in [2.05, 4.69) is 26.6 Å². The number of carbonyl (C=O) groups excluding carboxylic acids is 8. The Balaban J connectivity index is 1.25. The number of nitrogens with zero attached hydrogens (tertiary/aromatic N) is 4. The Labute approximate surface area is 447 Å². The largest absolute Gasteiger partial charge is 0.480 e. The van der Waals surface area contributed by atoms with Gasteiger partial charge in [0, 0.05) is 62.5 Å².